The van der Waals surface area contributed by atoms with E-state index in [-0.39, 0.29) is 0 Å². The van der Waals surface area contributed by atoms with Gasteiger partial charge in [0.25, 0.3) is 0 Å². The van der Waals surface area contributed by atoms with Gasteiger partial charge in [0.05, 0.1) is 12.0 Å². The summed E-state index contributed by atoms with van der Waals surface area (Å²) in [6.07, 6.45) is 11.1. The molecule has 1 aromatic rings. The SMILES string of the molecule is CCCCCn1cnc2c1CCCC2. The Morgan fingerprint density at radius 1 is 1.29 bits per heavy atom. The van der Waals surface area contributed by atoms with E-state index in [0.29, 0.717) is 0 Å². The predicted molar refractivity (Wildman–Crippen MR) is 58.4 cm³/mol. The molecule has 1 aliphatic rings. The van der Waals surface area contributed by atoms with Crippen LogP contribution in [0.2, 0.25) is 0 Å². The molecule has 0 amide bonds. The number of nitrogens with zero attached hydrogens (tertiary/aromatic N) is 2. The molecule has 1 aromatic heterocycles. The van der Waals surface area contributed by atoms with Gasteiger partial charge in [0.2, 0.25) is 0 Å². The van der Waals surface area contributed by atoms with Crippen LogP contribution in [0.5, 0.6) is 0 Å². The highest BCUT2D eigenvalue weighted by Gasteiger charge is 2.14. The third kappa shape index (κ3) is 1.99. The van der Waals surface area contributed by atoms with Crippen LogP contribution in [0.4, 0.5) is 0 Å². The fourth-order valence-electron chi connectivity index (χ4n) is 2.26. The second-order valence-corrected chi connectivity index (χ2v) is 4.25. The molecular weight excluding hydrogens is 172 g/mol. The first-order chi connectivity index (χ1) is 6.92. The van der Waals surface area contributed by atoms with Crippen molar-refractivity contribution in [1.29, 1.82) is 0 Å². The smallest absolute Gasteiger partial charge is 0.0951 e. The number of hydrogen-bond acceptors (Lipinski definition) is 1. The van der Waals surface area contributed by atoms with Gasteiger partial charge in [0, 0.05) is 12.2 Å². The van der Waals surface area contributed by atoms with Crippen molar-refractivity contribution in [2.75, 3.05) is 0 Å². The Kier molecular flexibility index (Phi) is 3.22. The highest BCUT2D eigenvalue weighted by atomic mass is 15.1. The van der Waals surface area contributed by atoms with Gasteiger partial charge in [0.15, 0.2) is 0 Å². The lowest BCUT2D eigenvalue weighted by atomic mass is 10.0. The van der Waals surface area contributed by atoms with Crippen molar-refractivity contribution < 1.29 is 0 Å². The Balaban J connectivity index is 1.99. The van der Waals surface area contributed by atoms with Crippen LogP contribution in [0.3, 0.4) is 0 Å². The van der Waals surface area contributed by atoms with Gasteiger partial charge in [0.1, 0.15) is 0 Å². The van der Waals surface area contributed by atoms with Gasteiger partial charge in [-0.1, -0.05) is 19.8 Å². The Hall–Kier alpha value is -0.790. The first-order valence-electron chi connectivity index (χ1n) is 5.94. The quantitative estimate of drug-likeness (QED) is 0.671. The number of unbranched alkanes of at least 4 members (excludes halogenated alkanes) is 2. The zero-order valence-corrected chi connectivity index (χ0v) is 9.13. The van der Waals surface area contributed by atoms with Crippen LogP contribution in [-0.2, 0) is 19.4 Å². The van der Waals surface area contributed by atoms with Gasteiger partial charge in [-0.25, -0.2) is 4.98 Å². The van der Waals surface area contributed by atoms with Crippen LogP contribution < -0.4 is 0 Å². The van der Waals surface area contributed by atoms with E-state index in [2.05, 4.69) is 16.5 Å². The normalized spacial score (nSPS) is 15.5. The largest absolute Gasteiger partial charge is 0.334 e. The molecule has 1 heterocycles. The van der Waals surface area contributed by atoms with E-state index >= 15 is 0 Å². The minimum Gasteiger partial charge on any atom is -0.334 e. The van der Waals surface area contributed by atoms with Gasteiger partial charge >= 0.3 is 0 Å². The van der Waals surface area contributed by atoms with E-state index in [1.165, 1.54) is 62.9 Å². The van der Waals surface area contributed by atoms with E-state index in [1.54, 1.807) is 0 Å². The summed E-state index contributed by atoms with van der Waals surface area (Å²) in [6.45, 7) is 3.43. The molecule has 1 aliphatic carbocycles. The third-order valence-corrected chi connectivity index (χ3v) is 3.11. The van der Waals surface area contributed by atoms with Crippen molar-refractivity contribution in [1.82, 2.24) is 9.55 Å². The second-order valence-electron chi connectivity index (χ2n) is 4.25. The average molecular weight is 192 g/mol. The first-order valence-corrected chi connectivity index (χ1v) is 5.94. The summed E-state index contributed by atoms with van der Waals surface area (Å²) in [6, 6.07) is 0. The van der Waals surface area contributed by atoms with Gasteiger partial charge in [-0.2, -0.15) is 0 Å². The molecule has 0 N–H and O–H groups in total. The van der Waals surface area contributed by atoms with Crippen LogP contribution in [0, 0.1) is 0 Å². The molecule has 2 heteroatoms. The molecule has 0 unspecified atom stereocenters. The topological polar surface area (TPSA) is 17.8 Å². The molecule has 0 saturated heterocycles. The van der Waals surface area contributed by atoms with Crippen LogP contribution in [0.25, 0.3) is 0 Å². The van der Waals surface area contributed by atoms with Gasteiger partial charge < -0.3 is 4.57 Å². The minimum atomic E-state index is 1.18. The van der Waals surface area contributed by atoms with Crippen LogP contribution >= 0.6 is 0 Å². The lowest BCUT2D eigenvalue weighted by Gasteiger charge is -2.13. The lowest BCUT2D eigenvalue weighted by molar-refractivity contribution is 0.562. The molecule has 0 aromatic carbocycles. The summed E-state index contributed by atoms with van der Waals surface area (Å²) in [5.74, 6) is 0. The molecule has 78 valence electrons. The maximum Gasteiger partial charge on any atom is 0.0951 e. The first kappa shape index (κ1) is 9.75. The van der Waals surface area contributed by atoms with Crippen molar-refractivity contribution >= 4 is 0 Å². The summed E-state index contributed by atoms with van der Waals surface area (Å²) >= 11 is 0. The maximum absolute atomic E-state index is 4.50. The highest BCUT2D eigenvalue weighted by Crippen LogP contribution is 2.20. The third-order valence-electron chi connectivity index (χ3n) is 3.11. The summed E-state index contributed by atoms with van der Waals surface area (Å²) in [4.78, 5) is 4.50. The van der Waals surface area contributed by atoms with E-state index in [9.17, 15) is 0 Å². The molecule has 2 nitrogen and oxygen atoms in total. The van der Waals surface area contributed by atoms with E-state index < -0.39 is 0 Å². The molecule has 0 radical (unpaired) electrons. The number of hydrogen-bond donors (Lipinski definition) is 0. The Bertz CT molecular complexity index is 289. The van der Waals surface area contributed by atoms with Crippen LogP contribution in [0.1, 0.15) is 50.4 Å². The zero-order valence-electron chi connectivity index (χ0n) is 9.13. The number of aryl methyl sites for hydroxylation is 2. The Morgan fingerprint density at radius 3 is 3.00 bits per heavy atom. The van der Waals surface area contributed by atoms with Gasteiger partial charge in [-0.15, -0.1) is 0 Å². The van der Waals surface area contributed by atoms with E-state index in [0.717, 1.165) is 0 Å². The predicted octanol–water partition coefficient (Wildman–Crippen LogP) is 2.95. The number of aromatic nitrogens is 2. The summed E-state index contributed by atoms with van der Waals surface area (Å²) in [5, 5.41) is 0. The molecular formula is C12H20N2. The molecule has 14 heavy (non-hydrogen) atoms. The number of imidazole rings is 1. The number of fused-ring (bicyclic) bond motifs is 1. The standard InChI is InChI=1S/C12H20N2/c1-2-3-6-9-14-10-13-11-7-4-5-8-12(11)14/h10H,2-9H2,1H3. The summed E-state index contributed by atoms with van der Waals surface area (Å²) < 4.78 is 2.38. The maximum atomic E-state index is 4.50. The summed E-state index contributed by atoms with van der Waals surface area (Å²) in [5.41, 5.74) is 2.89. The monoisotopic (exact) mass is 192 g/mol. The van der Waals surface area contributed by atoms with Gasteiger partial charge in [-0.05, 0) is 32.1 Å². The van der Waals surface area contributed by atoms with Gasteiger partial charge in [-0.3, -0.25) is 0 Å². The Morgan fingerprint density at radius 2 is 2.14 bits per heavy atom. The molecule has 2 rings (SSSR count). The highest BCUT2D eigenvalue weighted by molar-refractivity contribution is 5.16. The van der Waals surface area contributed by atoms with Crippen LogP contribution in [0.15, 0.2) is 6.33 Å². The van der Waals surface area contributed by atoms with E-state index in [4.69, 9.17) is 0 Å². The average Bonchev–Trinajstić information content (AvgIpc) is 2.63. The fraction of sp³-hybridized carbons (Fsp3) is 0.750. The van der Waals surface area contributed by atoms with Crippen molar-refractivity contribution in [3.05, 3.63) is 17.7 Å². The summed E-state index contributed by atoms with van der Waals surface area (Å²) in [7, 11) is 0. The van der Waals surface area contributed by atoms with Crippen molar-refractivity contribution in [2.45, 2.75) is 58.4 Å². The van der Waals surface area contributed by atoms with E-state index in [1.807, 2.05) is 6.33 Å². The van der Waals surface area contributed by atoms with Crippen LogP contribution in [-0.4, -0.2) is 9.55 Å². The van der Waals surface area contributed by atoms with Crippen molar-refractivity contribution in [3.8, 4) is 0 Å². The lowest BCUT2D eigenvalue weighted by Crippen LogP contribution is -2.08. The molecule has 0 fully saturated rings. The molecule has 0 saturated carbocycles. The molecule has 0 bridgehead atoms. The number of rotatable bonds is 4. The van der Waals surface area contributed by atoms with Crippen molar-refractivity contribution in [3.63, 3.8) is 0 Å². The molecule has 0 atom stereocenters. The fourth-order valence-corrected chi connectivity index (χ4v) is 2.26. The van der Waals surface area contributed by atoms with Crippen molar-refractivity contribution in [2.24, 2.45) is 0 Å². The minimum absolute atomic E-state index is 1.18. The molecule has 0 spiro atoms. The second kappa shape index (κ2) is 4.63. The zero-order chi connectivity index (χ0) is 9.80. The Labute approximate surface area is 86.3 Å². The molecule has 0 aliphatic heterocycles.